The molecule has 7 heteroatoms. The van der Waals surface area contributed by atoms with Crippen LogP contribution in [0.3, 0.4) is 0 Å². The zero-order valence-electron chi connectivity index (χ0n) is 17.8. The van der Waals surface area contributed by atoms with Crippen LogP contribution in [-0.2, 0) is 9.59 Å². The van der Waals surface area contributed by atoms with E-state index in [1.807, 2.05) is 0 Å². The number of alkyl halides is 2. The van der Waals surface area contributed by atoms with Crippen LogP contribution in [0.25, 0.3) is 0 Å². The number of hydrogen-bond acceptors (Lipinski definition) is 3. The standard InChI is InChI=1S/C22H41Cl2NO4/c23-20(24)16-14-12-10-8-6-4-2-1-3-5-7-9-11-13-15-17-25-19(22(28)29)18-21(26)27/h19-20,25H,1-18H2,(H,26,27)(H,28,29)/t19-/m0/s1. The van der Waals surface area contributed by atoms with Crippen LogP contribution in [0, 0.1) is 0 Å². The van der Waals surface area contributed by atoms with Crippen LogP contribution in [0.1, 0.15) is 109 Å². The van der Waals surface area contributed by atoms with Crippen LogP contribution in [0.5, 0.6) is 0 Å². The van der Waals surface area contributed by atoms with E-state index in [1.165, 1.54) is 70.6 Å². The molecule has 0 saturated carbocycles. The largest absolute Gasteiger partial charge is 0.481 e. The fourth-order valence-electron chi connectivity index (χ4n) is 3.42. The number of halogens is 2. The van der Waals surface area contributed by atoms with E-state index in [1.54, 1.807) is 0 Å². The van der Waals surface area contributed by atoms with Crippen molar-refractivity contribution in [1.82, 2.24) is 5.32 Å². The van der Waals surface area contributed by atoms with Crippen molar-refractivity contribution in [3.63, 3.8) is 0 Å². The summed E-state index contributed by atoms with van der Waals surface area (Å²) in [7, 11) is 0. The molecular weight excluding hydrogens is 413 g/mol. The smallest absolute Gasteiger partial charge is 0.321 e. The topological polar surface area (TPSA) is 86.6 Å². The lowest BCUT2D eigenvalue weighted by atomic mass is 10.0. The fourth-order valence-corrected chi connectivity index (χ4v) is 3.73. The Morgan fingerprint density at radius 3 is 1.38 bits per heavy atom. The lowest BCUT2D eigenvalue weighted by Gasteiger charge is -2.11. The van der Waals surface area contributed by atoms with Crippen molar-refractivity contribution in [2.45, 2.75) is 120 Å². The van der Waals surface area contributed by atoms with Crippen molar-refractivity contribution in [2.75, 3.05) is 6.54 Å². The first-order valence-electron chi connectivity index (χ1n) is 11.4. The number of carboxylic acid groups (broad SMARTS) is 2. The maximum Gasteiger partial charge on any atom is 0.321 e. The van der Waals surface area contributed by atoms with Crippen molar-refractivity contribution in [3.05, 3.63) is 0 Å². The van der Waals surface area contributed by atoms with Gasteiger partial charge in [-0.05, 0) is 19.4 Å². The zero-order chi connectivity index (χ0) is 21.7. The van der Waals surface area contributed by atoms with E-state index in [9.17, 15) is 9.59 Å². The highest BCUT2D eigenvalue weighted by Crippen LogP contribution is 2.16. The minimum Gasteiger partial charge on any atom is -0.481 e. The minimum absolute atomic E-state index is 0.200. The highest BCUT2D eigenvalue weighted by molar-refractivity contribution is 6.44. The number of aliphatic carboxylic acids is 2. The monoisotopic (exact) mass is 453 g/mol. The summed E-state index contributed by atoms with van der Waals surface area (Å²) in [6, 6.07) is -0.984. The Labute approximate surface area is 186 Å². The van der Waals surface area contributed by atoms with Gasteiger partial charge < -0.3 is 15.5 Å². The summed E-state index contributed by atoms with van der Waals surface area (Å²) >= 11 is 11.4. The second kappa shape index (κ2) is 20.7. The van der Waals surface area contributed by atoms with Gasteiger partial charge in [0.05, 0.1) is 6.42 Å². The number of unbranched alkanes of at least 4 members (excludes halogenated alkanes) is 14. The summed E-state index contributed by atoms with van der Waals surface area (Å²) in [5, 5.41) is 20.4. The predicted octanol–water partition coefficient (Wildman–Crippen LogP) is 6.55. The van der Waals surface area contributed by atoms with Crippen LogP contribution in [0.15, 0.2) is 0 Å². The molecule has 0 aliphatic heterocycles. The van der Waals surface area contributed by atoms with Gasteiger partial charge in [0, 0.05) is 0 Å². The van der Waals surface area contributed by atoms with E-state index in [2.05, 4.69) is 5.32 Å². The summed E-state index contributed by atoms with van der Waals surface area (Å²) in [6.07, 6.45) is 19.1. The molecule has 1 atom stereocenters. The summed E-state index contributed by atoms with van der Waals surface area (Å²) in [4.78, 5) is 21.3. The van der Waals surface area contributed by atoms with E-state index >= 15 is 0 Å². The first-order valence-corrected chi connectivity index (χ1v) is 12.3. The average Bonchev–Trinajstić information content (AvgIpc) is 2.65. The molecule has 5 nitrogen and oxygen atoms in total. The number of nitrogens with one attached hydrogen (secondary N) is 1. The van der Waals surface area contributed by atoms with Gasteiger partial charge in [-0.3, -0.25) is 9.59 Å². The lowest BCUT2D eigenvalue weighted by Crippen LogP contribution is -2.39. The molecule has 0 unspecified atom stereocenters. The first-order chi connectivity index (χ1) is 13.9. The van der Waals surface area contributed by atoms with E-state index in [0.717, 1.165) is 32.1 Å². The fraction of sp³-hybridized carbons (Fsp3) is 0.909. The molecule has 0 aliphatic carbocycles. The summed E-state index contributed by atoms with van der Waals surface area (Å²) in [5.74, 6) is -2.19. The maximum absolute atomic E-state index is 10.9. The minimum atomic E-state index is -1.10. The van der Waals surface area contributed by atoms with Gasteiger partial charge in [0.15, 0.2) is 0 Å². The van der Waals surface area contributed by atoms with Crippen molar-refractivity contribution in [3.8, 4) is 0 Å². The van der Waals surface area contributed by atoms with Gasteiger partial charge in [-0.25, -0.2) is 0 Å². The predicted molar refractivity (Wildman–Crippen MR) is 121 cm³/mol. The molecule has 29 heavy (non-hydrogen) atoms. The SMILES string of the molecule is O=C(O)C[C@H](NCCCCCCCCCCCCCCCCCC(Cl)Cl)C(=O)O. The van der Waals surface area contributed by atoms with E-state index in [4.69, 9.17) is 33.4 Å². The quantitative estimate of drug-likeness (QED) is 0.128. The Morgan fingerprint density at radius 1 is 0.655 bits per heavy atom. The second-order valence-corrected chi connectivity index (χ2v) is 9.20. The molecule has 0 amide bonds. The van der Waals surface area contributed by atoms with Crippen molar-refractivity contribution < 1.29 is 19.8 Å². The molecule has 0 rings (SSSR count). The number of carboxylic acids is 2. The van der Waals surface area contributed by atoms with Gasteiger partial charge >= 0.3 is 11.9 Å². The Morgan fingerprint density at radius 2 is 1.03 bits per heavy atom. The molecule has 0 aromatic carbocycles. The van der Waals surface area contributed by atoms with Crippen LogP contribution < -0.4 is 5.32 Å². The van der Waals surface area contributed by atoms with Gasteiger partial charge in [-0.15, -0.1) is 23.2 Å². The van der Waals surface area contributed by atoms with Gasteiger partial charge in [0.25, 0.3) is 0 Å². The Bertz CT molecular complexity index is 408. The van der Waals surface area contributed by atoms with Gasteiger partial charge in [-0.2, -0.15) is 0 Å². The van der Waals surface area contributed by atoms with Crippen molar-refractivity contribution in [2.24, 2.45) is 0 Å². The molecular formula is C22H41Cl2NO4. The van der Waals surface area contributed by atoms with Crippen LogP contribution >= 0.6 is 23.2 Å². The second-order valence-electron chi connectivity index (χ2n) is 7.93. The van der Waals surface area contributed by atoms with Gasteiger partial charge in [0.2, 0.25) is 0 Å². The van der Waals surface area contributed by atoms with E-state index < -0.39 is 18.0 Å². The normalized spacial score (nSPS) is 12.4. The highest BCUT2D eigenvalue weighted by Gasteiger charge is 2.19. The first kappa shape index (κ1) is 28.5. The molecule has 0 radical (unpaired) electrons. The Hall–Kier alpha value is -0.520. The lowest BCUT2D eigenvalue weighted by molar-refractivity contribution is -0.145. The van der Waals surface area contributed by atoms with Crippen LogP contribution in [0.4, 0.5) is 0 Å². The third kappa shape index (κ3) is 22.0. The molecule has 0 saturated heterocycles. The maximum atomic E-state index is 10.9. The van der Waals surface area contributed by atoms with Gasteiger partial charge in [0.1, 0.15) is 10.9 Å². The number of hydrogen-bond donors (Lipinski definition) is 3. The summed E-state index contributed by atoms with van der Waals surface area (Å²) < 4.78 is 0. The molecule has 0 fully saturated rings. The Kier molecular flexibility index (Phi) is 20.4. The molecule has 172 valence electrons. The third-order valence-electron chi connectivity index (χ3n) is 5.17. The van der Waals surface area contributed by atoms with Crippen molar-refractivity contribution >= 4 is 35.1 Å². The molecule has 0 spiro atoms. The van der Waals surface area contributed by atoms with Crippen LogP contribution in [-0.4, -0.2) is 39.6 Å². The highest BCUT2D eigenvalue weighted by atomic mass is 35.5. The Balaban J connectivity index is 3.24. The molecule has 0 heterocycles. The molecule has 0 aromatic rings. The third-order valence-corrected chi connectivity index (χ3v) is 5.60. The summed E-state index contributed by atoms with van der Waals surface area (Å²) in [5.41, 5.74) is 0. The van der Waals surface area contributed by atoms with E-state index in [-0.39, 0.29) is 11.3 Å². The van der Waals surface area contributed by atoms with Crippen molar-refractivity contribution in [1.29, 1.82) is 0 Å². The number of rotatable bonds is 22. The molecule has 3 N–H and O–H groups in total. The van der Waals surface area contributed by atoms with E-state index in [0.29, 0.717) is 6.54 Å². The molecule has 0 bridgehead atoms. The van der Waals surface area contributed by atoms with Crippen LogP contribution in [0.2, 0.25) is 0 Å². The zero-order valence-corrected chi connectivity index (χ0v) is 19.4. The molecule has 0 aromatic heterocycles. The van der Waals surface area contributed by atoms with Gasteiger partial charge in [-0.1, -0.05) is 89.9 Å². The number of carbonyl (C=O) groups is 2. The summed E-state index contributed by atoms with van der Waals surface area (Å²) in [6.45, 7) is 0.560. The average molecular weight is 454 g/mol. The molecule has 0 aliphatic rings.